The van der Waals surface area contributed by atoms with Gasteiger partial charge >= 0.3 is 0 Å². The molecule has 2 rings (SSSR count). The number of halogens is 1. The van der Waals surface area contributed by atoms with E-state index in [2.05, 4.69) is 22.1 Å². The van der Waals surface area contributed by atoms with Crippen LogP contribution in [0.25, 0.3) is 0 Å². The first kappa shape index (κ1) is 22.7. The van der Waals surface area contributed by atoms with Gasteiger partial charge in [-0.25, -0.2) is 0 Å². The highest BCUT2D eigenvalue weighted by atomic mass is 32.1. The lowest BCUT2D eigenvalue weighted by Crippen LogP contribution is -2.27. The molecule has 1 aromatic heterocycles. The van der Waals surface area contributed by atoms with E-state index in [1.807, 2.05) is 0 Å². The molecule has 0 saturated carbocycles. The number of hydrogen-bond donors (Lipinski definition) is 3. The minimum atomic E-state index is -0.416. The van der Waals surface area contributed by atoms with Crippen LogP contribution in [0, 0.1) is 5.95 Å². The molecule has 0 bridgehead atoms. The summed E-state index contributed by atoms with van der Waals surface area (Å²) in [7, 11) is 3.20. The van der Waals surface area contributed by atoms with Gasteiger partial charge in [-0.3, -0.25) is 4.90 Å². The second kappa shape index (κ2) is 11.4. The quantitative estimate of drug-likeness (QED) is 0.360. The maximum atomic E-state index is 13.8. The Morgan fingerprint density at radius 3 is 2.63 bits per heavy atom. The number of carbonyl (C=O) groups is 1. The summed E-state index contributed by atoms with van der Waals surface area (Å²) in [6, 6.07) is 0.266. The molecule has 1 aliphatic rings. The predicted molar refractivity (Wildman–Crippen MR) is 104 cm³/mol. The number of thiazole rings is 1. The third-order valence-corrected chi connectivity index (χ3v) is 4.86. The molecule has 2 unspecified atom stereocenters. The van der Waals surface area contributed by atoms with E-state index in [1.54, 1.807) is 13.1 Å². The fraction of sp³-hybridized carbons (Fsp3) is 0.529. The van der Waals surface area contributed by atoms with Gasteiger partial charge in [-0.05, 0) is 13.8 Å². The first-order valence-electron chi connectivity index (χ1n) is 8.44. The number of ether oxygens (including phenoxy) is 2. The van der Waals surface area contributed by atoms with Crippen molar-refractivity contribution in [1.29, 1.82) is 0 Å². The van der Waals surface area contributed by atoms with Crippen molar-refractivity contribution in [2.75, 3.05) is 26.0 Å². The summed E-state index contributed by atoms with van der Waals surface area (Å²) < 4.78 is 24.4. The summed E-state index contributed by atoms with van der Waals surface area (Å²) in [5.74, 6) is 0.111. The van der Waals surface area contributed by atoms with Gasteiger partial charge in [-0.1, -0.05) is 11.3 Å². The second-order valence-electron chi connectivity index (χ2n) is 5.81. The Hall–Kier alpha value is -2.33. The normalized spacial score (nSPS) is 20.6. The van der Waals surface area contributed by atoms with Crippen molar-refractivity contribution in [3.05, 3.63) is 34.7 Å². The number of nitrogens with two attached hydrogens (primary N) is 2. The number of nitrogens with one attached hydrogen (secondary N) is 1. The SMILES string of the molecule is CC=O.CNc1nc(F)c(CN2CC(O/C(N)=C/C=C(\N)OC)CC2C)s1. The van der Waals surface area contributed by atoms with Gasteiger partial charge in [0.15, 0.2) is 16.9 Å². The molecule has 1 saturated heterocycles. The van der Waals surface area contributed by atoms with Crippen molar-refractivity contribution in [3.8, 4) is 0 Å². The van der Waals surface area contributed by atoms with Gasteiger partial charge in [-0.2, -0.15) is 9.37 Å². The van der Waals surface area contributed by atoms with E-state index in [9.17, 15) is 4.39 Å². The van der Waals surface area contributed by atoms with Crippen molar-refractivity contribution in [3.63, 3.8) is 0 Å². The molecule has 1 aromatic rings. The zero-order chi connectivity index (χ0) is 20.4. The summed E-state index contributed by atoms with van der Waals surface area (Å²) in [6.45, 7) is 4.71. The van der Waals surface area contributed by atoms with Crippen molar-refractivity contribution < 1.29 is 18.7 Å². The highest BCUT2D eigenvalue weighted by Gasteiger charge is 2.31. The molecular formula is C17H28FN5O3S. The number of anilines is 1. The average Bonchev–Trinajstić information content (AvgIpc) is 3.16. The number of hydrogen-bond acceptors (Lipinski definition) is 9. The molecule has 2 heterocycles. The Kier molecular flexibility index (Phi) is 9.59. The van der Waals surface area contributed by atoms with E-state index in [1.165, 1.54) is 31.4 Å². The van der Waals surface area contributed by atoms with Crippen LogP contribution in [0.5, 0.6) is 0 Å². The van der Waals surface area contributed by atoms with Crippen LogP contribution in [0.15, 0.2) is 23.9 Å². The van der Waals surface area contributed by atoms with Gasteiger partial charge < -0.3 is 31.1 Å². The Balaban J connectivity index is 0.00000114. The molecule has 5 N–H and O–H groups in total. The lowest BCUT2D eigenvalue weighted by atomic mass is 10.2. The number of rotatable bonds is 7. The number of aldehydes is 1. The van der Waals surface area contributed by atoms with Crippen molar-refractivity contribution in [1.82, 2.24) is 9.88 Å². The Morgan fingerprint density at radius 1 is 1.44 bits per heavy atom. The minimum Gasteiger partial charge on any atom is -0.483 e. The van der Waals surface area contributed by atoms with Gasteiger partial charge in [-0.15, -0.1) is 0 Å². The van der Waals surface area contributed by atoms with Gasteiger partial charge in [0, 0.05) is 44.8 Å². The van der Waals surface area contributed by atoms with Crippen LogP contribution in [-0.2, 0) is 20.8 Å². The molecule has 8 nitrogen and oxygen atoms in total. The first-order chi connectivity index (χ1) is 12.8. The standard InChI is InChI=1S/C15H24FN5O2S.C2H4O/c1-9-6-10(23-13(18)5-4-12(17)22-3)7-21(9)8-11-14(16)20-15(19-2)24-11;1-2-3/h4-5,9-10H,6-8,17-18H2,1-3H3,(H,19,20);2H,1H3/b12-4+,13-5+;. The minimum absolute atomic E-state index is 0.0480. The molecule has 1 fully saturated rings. The number of carbonyl (C=O) groups excluding carboxylic acids is 1. The maximum Gasteiger partial charge on any atom is 0.230 e. The Bertz CT molecular complexity index is 665. The summed E-state index contributed by atoms with van der Waals surface area (Å²) in [5.41, 5.74) is 11.4. The van der Waals surface area contributed by atoms with Crippen LogP contribution in [-0.4, -0.2) is 49.0 Å². The molecular weight excluding hydrogens is 373 g/mol. The van der Waals surface area contributed by atoms with Gasteiger partial charge in [0.1, 0.15) is 12.4 Å². The molecule has 0 spiro atoms. The largest absolute Gasteiger partial charge is 0.483 e. The molecule has 0 radical (unpaired) electrons. The monoisotopic (exact) mass is 401 g/mol. The molecule has 0 aliphatic carbocycles. The van der Waals surface area contributed by atoms with Crippen LogP contribution in [0.3, 0.4) is 0 Å². The van der Waals surface area contributed by atoms with Crippen molar-refractivity contribution in [2.45, 2.75) is 39.0 Å². The van der Waals surface area contributed by atoms with E-state index in [0.717, 1.165) is 12.7 Å². The smallest absolute Gasteiger partial charge is 0.230 e. The van der Waals surface area contributed by atoms with Gasteiger partial charge in [0.25, 0.3) is 0 Å². The summed E-state index contributed by atoms with van der Waals surface area (Å²) in [4.78, 5) is 15.4. The highest BCUT2D eigenvalue weighted by molar-refractivity contribution is 7.15. The molecule has 0 aromatic carbocycles. The first-order valence-corrected chi connectivity index (χ1v) is 9.26. The third kappa shape index (κ3) is 7.43. The lowest BCUT2D eigenvalue weighted by Gasteiger charge is -2.19. The predicted octanol–water partition coefficient (Wildman–Crippen LogP) is 1.76. The highest BCUT2D eigenvalue weighted by Crippen LogP contribution is 2.28. The number of allylic oxidation sites excluding steroid dienone is 2. The Morgan fingerprint density at radius 2 is 2.07 bits per heavy atom. The summed E-state index contributed by atoms with van der Waals surface area (Å²) in [6.07, 6.45) is 4.62. The fourth-order valence-electron chi connectivity index (χ4n) is 2.54. The zero-order valence-electron chi connectivity index (χ0n) is 16.1. The van der Waals surface area contributed by atoms with E-state index >= 15 is 0 Å². The van der Waals surface area contributed by atoms with E-state index < -0.39 is 5.95 Å². The molecule has 2 atom stereocenters. The van der Waals surface area contributed by atoms with Crippen LogP contribution in [0.2, 0.25) is 0 Å². The van der Waals surface area contributed by atoms with E-state index in [4.69, 9.17) is 25.7 Å². The van der Waals surface area contributed by atoms with Crippen LogP contribution >= 0.6 is 11.3 Å². The van der Waals surface area contributed by atoms with Crippen molar-refractivity contribution in [2.24, 2.45) is 11.5 Å². The van der Waals surface area contributed by atoms with Gasteiger partial charge in [0.2, 0.25) is 5.95 Å². The fourth-order valence-corrected chi connectivity index (χ4v) is 3.36. The molecule has 27 heavy (non-hydrogen) atoms. The number of nitrogens with zero attached hydrogens (tertiary/aromatic N) is 2. The topological polar surface area (TPSA) is 116 Å². The second-order valence-corrected chi connectivity index (χ2v) is 6.90. The number of methoxy groups -OCH3 is 1. The van der Waals surface area contributed by atoms with Crippen LogP contribution in [0.1, 0.15) is 25.1 Å². The maximum absolute atomic E-state index is 13.8. The zero-order valence-corrected chi connectivity index (χ0v) is 16.9. The molecule has 10 heteroatoms. The molecule has 152 valence electrons. The number of likely N-dealkylation sites (tertiary alicyclic amines) is 1. The van der Waals surface area contributed by atoms with Crippen molar-refractivity contribution >= 4 is 22.8 Å². The summed E-state index contributed by atoms with van der Waals surface area (Å²) in [5, 5.41) is 3.44. The third-order valence-electron chi connectivity index (χ3n) is 3.83. The Labute approximate surface area is 163 Å². The van der Waals surface area contributed by atoms with Gasteiger partial charge in [0.05, 0.1) is 12.0 Å². The number of aromatic nitrogens is 1. The van der Waals surface area contributed by atoms with E-state index in [-0.39, 0.29) is 23.9 Å². The van der Waals surface area contributed by atoms with Crippen LogP contribution in [0.4, 0.5) is 9.52 Å². The average molecular weight is 402 g/mol. The lowest BCUT2D eigenvalue weighted by molar-refractivity contribution is -0.106. The van der Waals surface area contributed by atoms with E-state index in [0.29, 0.717) is 23.1 Å². The summed E-state index contributed by atoms with van der Waals surface area (Å²) >= 11 is 1.33. The molecule has 0 amide bonds. The molecule has 1 aliphatic heterocycles. The van der Waals surface area contributed by atoms with Crippen LogP contribution < -0.4 is 16.8 Å².